The van der Waals surface area contributed by atoms with Crippen molar-refractivity contribution in [2.45, 2.75) is 39.0 Å². The van der Waals surface area contributed by atoms with Crippen LogP contribution in [-0.4, -0.2) is 84.5 Å². The minimum Gasteiger partial charge on any atom is -0.357 e. The Balaban J connectivity index is 0.00000480. The third-order valence-corrected chi connectivity index (χ3v) is 5.15. The molecular weight excluding hydrogens is 505 g/mol. The number of nitrogens with one attached hydrogen (secondary N) is 1. The molecule has 1 amide bonds. The Morgan fingerprint density at radius 1 is 1.23 bits per heavy atom. The van der Waals surface area contributed by atoms with Gasteiger partial charge in [-0.3, -0.25) is 9.79 Å². The second kappa shape index (κ2) is 15.8. The Bertz CT molecular complexity index is 663. The third kappa shape index (κ3) is 9.84. The summed E-state index contributed by atoms with van der Waals surface area (Å²) in [6.07, 6.45) is 10.5. The summed E-state index contributed by atoms with van der Waals surface area (Å²) < 4.78 is 0. The molecule has 2 rings (SSSR count). The maximum absolute atomic E-state index is 12.6. The molecule has 0 aliphatic carbocycles. The molecule has 0 bridgehead atoms. The van der Waals surface area contributed by atoms with Crippen LogP contribution in [0.2, 0.25) is 0 Å². The molecule has 174 valence electrons. The summed E-state index contributed by atoms with van der Waals surface area (Å²) in [6, 6.07) is 1.81. The first kappa shape index (κ1) is 27.1. The number of nitrogens with zero attached hydrogens (tertiary/aromatic N) is 6. The SMILES string of the molecule is C=CCCCCCN(C)C(=NCCC(=O)N1CCN(c2ncccn2)CC1)NCC.I. The van der Waals surface area contributed by atoms with Crippen LogP contribution in [0.15, 0.2) is 36.1 Å². The molecule has 9 heteroatoms. The molecule has 1 saturated heterocycles. The van der Waals surface area contributed by atoms with E-state index in [2.05, 4.69) is 50.6 Å². The van der Waals surface area contributed by atoms with E-state index < -0.39 is 0 Å². The second-order valence-electron chi connectivity index (χ2n) is 7.46. The van der Waals surface area contributed by atoms with Crippen molar-refractivity contribution < 1.29 is 4.79 Å². The summed E-state index contributed by atoms with van der Waals surface area (Å²) >= 11 is 0. The summed E-state index contributed by atoms with van der Waals surface area (Å²) in [5.41, 5.74) is 0. The van der Waals surface area contributed by atoms with Crippen LogP contribution < -0.4 is 10.2 Å². The van der Waals surface area contributed by atoms with Gasteiger partial charge < -0.3 is 20.0 Å². The normalized spacial score (nSPS) is 14.1. The van der Waals surface area contributed by atoms with E-state index in [-0.39, 0.29) is 29.9 Å². The summed E-state index contributed by atoms with van der Waals surface area (Å²) in [7, 11) is 2.06. The predicted molar refractivity (Wildman–Crippen MR) is 138 cm³/mol. The quantitative estimate of drug-likeness (QED) is 0.152. The number of carbonyl (C=O) groups is 1. The summed E-state index contributed by atoms with van der Waals surface area (Å²) in [5, 5.41) is 3.33. The molecule has 0 saturated carbocycles. The van der Waals surface area contributed by atoms with Gasteiger partial charge in [-0.15, -0.1) is 30.6 Å². The fraction of sp³-hybridized carbons (Fsp3) is 0.636. The molecule has 0 spiro atoms. The van der Waals surface area contributed by atoms with Gasteiger partial charge in [0, 0.05) is 65.1 Å². The Kier molecular flexibility index (Phi) is 13.8. The highest BCUT2D eigenvalue weighted by atomic mass is 127. The van der Waals surface area contributed by atoms with Gasteiger partial charge in [-0.05, 0) is 32.3 Å². The highest BCUT2D eigenvalue weighted by Crippen LogP contribution is 2.10. The fourth-order valence-corrected chi connectivity index (χ4v) is 3.42. The average Bonchev–Trinajstić information content (AvgIpc) is 2.79. The van der Waals surface area contributed by atoms with E-state index in [0.717, 1.165) is 50.9 Å². The number of rotatable bonds is 11. The van der Waals surface area contributed by atoms with Gasteiger partial charge in [-0.2, -0.15) is 0 Å². The molecule has 1 aliphatic heterocycles. The number of anilines is 1. The Morgan fingerprint density at radius 2 is 1.94 bits per heavy atom. The molecular formula is C22H38IN7O. The molecule has 31 heavy (non-hydrogen) atoms. The van der Waals surface area contributed by atoms with Gasteiger partial charge in [0.1, 0.15) is 0 Å². The van der Waals surface area contributed by atoms with Gasteiger partial charge in [0.05, 0.1) is 6.54 Å². The minimum atomic E-state index is 0. The smallest absolute Gasteiger partial charge is 0.225 e. The number of amides is 1. The standard InChI is InChI=1S/C22H37N7O.HI/c1-4-6-7-8-9-15-27(3)21(23-5-2)26-14-11-20(30)28-16-18-29(19-17-28)22-24-12-10-13-25-22;/h4,10,12-13H,1,5-9,11,14-19H2,2-3H3,(H,23,26);1H. The fourth-order valence-electron chi connectivity index (χ4n) is 3.42. The first-order valence-electron chi connectivity index (χ1n) is 11.1. The number of aromatic nitrogens is 2. The van der Waals surface area contributed by atoms with E-state index in [1.54, 1.807) is 12.4 Å². The zero-order valence-electron chi connectivity index (χ0n) is 19.0. The van der Waals surface area contributed by atoms with Gasteiger partial charge in [0.25, 0.3) is 0 Å². The maximum atomic E-state index is 12.6. The number of guanidine groups is 1. The van der Waals surface area contributed by atoms with E-state index in [1.807, 2.05) is 17.0 Å². The second-order valence-corrected chi connectivity index (χ2v) is 7.46. The first-order valence-corrected chi connectivity index (χ1v) is 11.1. The van der Waals surface area contributed by atoms with E-state index in [1.165, 1.54) is 12.8 Å². The topological polar surface area (TPSA) is 77.0 Å². The molecule has 1 N–H and O–H groups in total. The van der Waals surface area contributed by atoms with Crippen molar-refractivity contribution in [1.29, 1.82) is 0 Å². The predicted octanol–water partition coefficient (Wildman–Crippen LogP) is 2.78. The third-order valence-electron chi connectivity index (χ3n) is 5.15. The van der Waals surface area contributed by atoms with Crippen LogP contribution in [0.1, 0.15) is 39.0 Å². The maximum Gasteiger partial charge on any atom is 0.225 e. The minimum absolute atomic E-state index is 0. The monoisotopic (exact) mass is 543 g/mol. The molecule has 1 aromatic rings. The molecule has 0 radical (unpaired) electrons. The number of aliphatic imine (C=N–C) groups is 1. The van der Waals surface area contributed by atoms with Crippen molar-refractivity contribution >= 4 is 41.8 Å². The summed E-state index contributed by atoms with van der Waals surface area (Å²) in [6.45, 7) is 11.0. The number of halogens is 1. The van der Waals surface area contributed by atoms with Crippen LogP contribution >= 0.6 is 24.0 Å². The largest absolute Gasteiger partial charge is 0.357 e. The van der Waals surface area contributed by atoms with Crippen LogP contribution in [0.5, 0.6) is 0 Å². The number of carbonyl (C=O) groups excluding carboxylic acids is 1. The van der Waals surface area contributed by atoms with Crippen LogP contribution in [-0.2, 0) is 4.79 Å². The lowest BCUT2D eigenvalue weighted by atomic mass is 10.2. The van der Waals surface area contributed by atoms with Crippen LogP contribution in [0, 0.1) is 0 Å². The Labute approximate surface area is 204 Å². The van der Waals surface area contributed by atoms with Gasteiger partial charge in [-0.25, -0.2) is 9.97 Å². The average molecular weight is 543 g/mol. The lowest BCUT2D eigenvalue weighted by Crippen LogP contribution is -2.49. The van der Waals surface area contributed by atoms with Gasteiger partial charge >= 0.3 is 0 Å². The Morgan fingerprint density at radius 3 is 2.58 bits per heavy atom. The van der Waals surface area contributed by atoms with Gasteiger partial charge in [0.2, 0.25) is 11.9 Å². The number of piperazine rings is 1. The Hall–Kier alpha value is -1.91. The highest BCUT2D eigenvalue weighted by Gasteiger charge is 2.22. The molecule has 1 aliphatic rings. The van der Waals surface area contributed by atoms with Crippen molar-refractivity contribution in [1.82, 2.24) is 25.1 Å². The number of unbranched alkanes of at least 4 members (excludes halogenated alkanes) is 3. The molecule has 0 aromatic carbocycles. The van der Waals surface area contributed by atoms with Crippen molar-refractivity contribution in [2.75, 3.05) is 57.8 Å². The molecule has 1 aromatic heterocycles. The van der Waals surface area contributed by atoms with Crippen molar-refractivity contribution in [3.63, 3.8) is 0 Å². The highest BCUT2D eigenvalue weighted by molar-refractivity contribution is 14.0. The molecule has 1 fully saturated rings. The van der Waals surface area contributed by atoms with Crippen LogP contribution in [0.3, 0.4) is 0 Å². The van der Waals surface area contributed by atoms with Gasteiger partial charge in [0.15, 0.2) is 5.96 Å². The van der Waals surface area contributed by atoms with Crippen molar-refractivity contribution in [3.8, 4) is 0 Å². The number of allylic oxidation sites excluding steroid dienone is 1. The number of hydrogen-bond donors (Lipinski definition) is 1. The zero-order chi connectivity index (χ0) is 21.6. The van der Waals surface area contributed by atoms with Crippen molar-refractivity contribution in [2.24, 2.45) is 4.99 Å². The lowest BCUT2D eigenvalue weighted by Gasteiger charge is -2.34. The molecule has 0 unspecified atom stereocenters. The van der Waals surface area contributed by atoms with Crippen LogP contribution in [0.25, 0.3) is 0 Å². The summed E-state index contributed by atoms with van der Waals surface area (Å²) in [5.74, 6) is 1.77. The molecule has 0 atom stereocenters. The zero-order valence-corrected chi connectivity index (χ0v) is 21.3. The first-order chi connectivity index (χ1) is 14.7. The van der Waals surface area contributed by atoms with Crippen molar-refractivity contribution in [3.05, 3.63) is 31.1 Å². The van der Waals surface area contributed by atoms with Crippen LogP contribution in [0.4, 0.5) is 5.95 Å². The number of hydrogen-bond acceptors (Lipinski definition) is 5. The van der Waals surface area contributed by atoms with E-state index in [9.17, 15) is 4.79 Å². The van der Waals surface area contributed by atoms with E-state index in [0.29, 0.717) is 26.1 Å². The lowest BCUT2D eigenvalue weighted by molar-refractivity contribution is -0.131. The summed E-state index contributed by atoms with van der Waals surface area (Å²) in [4.78, 5) is 32.0. The van der Waals surface area contributed by atoms with Gasteiger partial charge in [-0.1, -0.05) is 12.5 Å². The van der Waals surface area contributed by atoms with E-state index >= 15 is 0 Å². The molecule has 2 heterocycles. The van der Waals surface area contributed by atoms with E-state index in [4.69, 9.17) is 0 Å². The molecule has 8 nitrogen and oxygen atoms in total.